The predicted molar refractivity (Wildman–Crippen MR) is 87.0 cm³/mol. The van der Waals surface area contributed by atoms with Gasteiger partial charge in [-0.2, -0.15) is 0 Å². The van der Waals surface area contributed by atoms with Crippen molar-refractivity contribution >= 4 is 21.8 Å². The van der Waals surface area contributed by atoms with Gasteiger partial charge in [0, 0.05) is 22.6 Å². The highest BCUT2D eigenvalue weighted by Crippen LogP contribution is 2.26. The van der Waals surface area contributed by atoms with Crippen molar-refractivity contribution in [2.45, 2.75) is 52.5 Å². The number of hydrogen-bond acceptors (Lipinski definition) is 1. The van der Waals surface area contributed by atoms with Crippen LogP contribution in [-0.2, 0) is 0 Å². The van der Waals surface area contributed by atoms with E-state index >= 15 is 0 Å². The number of carbonyl (C=O) groups excluding carboxylic acids is 1. The quantitative estimate of drug-likeness (QED) is 0.772. The molecular formula is C17H24BrNO. The Bertz CT molecular complexity index is 478. The SMILES string of the molecule is Cc1cc(C(=O)N(CC(C)C)C2CCCC2)ccc1Br. The van der Waals surface area contributed by atoms with Crippen LogP contribution in [0, 0.1) is 12.8 Å². The van der Waals surface area contributed by atoms with Gasteiger partial charge < -0.3 is 4.90 Å². The number of amides is 1. The fourth-order valence-electron chi connectivity index (χ4n) is 2.95. The molecule has 110 valence electrons. The highest BCUT2D eigenvalue weighted by molar-refractivity contribution is 9.10. The van der Waals surface area contributed by atoms with Gasteiger partial charge in [0.15, 0.2) is 0 Å². The molecule has 0 saturated heterocycles. The third-order valence-corrected chi connectivity index (χ3v) is 4.88. The second kappa shape index (κ2) is 6.75. The summed E-state index contributed by atoms with van der Waals surface area (Å²) in [6.45, 7) is 7.26. The van der Waals surface area contributed by atoms with E-state index in [1.54, 1.807) is 0 Å². The molecular weight excluding hydrogens is 314 g/mol. The number of aryl methyl sites for hydroxylation is 1. The van der Waals surface area contributed by atoms with Gasteiger partial charge in [0.2, 0.25) is 0 Å². The molecule has 1 aliphatic carbocycles. The normalized spacial score (nSPS) is 15.8. The molecule has 0 aliphatic heterocycles. The summed E-state index contributed by atoms with van der Waals surface area (Å²) in [6.07, 6.45) is 4.83. The van der Waals surface area contributed by atoms with Crippen LogP contribution in [0.15, 0.2) is 22.7 Å². The van der Waals surface area contributed by atoms with E-state index in [9.17, 15) is 4.79 Å². The number of hydrogen-bond donors (Lipinski definition) is 0. The lowest BCUT2D eigenvalue weighted by Crippen LogP contribution is -2.41. The van der Waals surface area contributed by atoms with Crippen molar-refractivity contribution in [3.05, 3.63) is 33.8 Å². The van der Waals surface area contributed by atoms with E-state index in [0.29, 0.717) is 12.0 Å². The minimum atomic E-state index is 0.196. The number of benzene rings is 1. The summed E-state index contributed by atoms with van der Waals surface area (Å²) in [5.41, 5.74) is 1.94. The molecule has 1 amide bonds. The summed E-state index contributed by atoms with van der Waals surface area (Å²) in [5.74, 6) is 0.706. The van der Waals surface area contributed by atoms with Gasteiger partial charge in [-0.25, -0.2) is 0 Å². The predicted octanol–water partition coefficient (Wildman–Crippen LogP) is 4.80. The van der Waals surface area contributed by atoms with E-state index in [4.69, 9.17) is 0 Å². The highest BCUT2D eigenvalue weighted by Gasteiger charge is 2.27. The lowest BCUT2D eigenvalue weighted by molar-refractivity contribution is 0.0655. The molecule has 0 aromatic heterocycles. The Balaban J connectivity index is 2.22. The molecule has 1 aromatic carbocycles. The standard InChI is InChI=1S/C17H24BrNO/c1-12(2)11-19(15-6-4-5-7-15)17(20)14-8-9-16(18)13(3)10-14/h8-10,12,15H,4-7,11H2,1-3H3. The number of carbonyl (C=O) groups is 1. The van der Waals surface area contributed by atoms with E-state index < -0.39 is 0 Å². The first kappa shape index (κ1) is 15.6. The topological polar surface area (TPSA) is 20.3 Å². The van der Waals surface area contributed by atoms with E-state index in [2.05, 4.69) is 34.7 Å². The van der Waals surface area contributed by atoms with Crippen LogP contribution in [0.25, 0.3) is 0 Å². The molecule has 1 aromatic rings. The van der Waals surface area contributed by atoms with Gasteiger partial charge in [-0.1, -0.05) is 42.6 Å². The van der Waals surface area contributed by atoms with Crippen LogP contribution in [0.1, 0.15) is 55.5 Å². The Morgan fingerprint density at radius 1 is 1.35 bits per heavy atom. The highest BCUT2D eigenvalue weighted by atomic mass is 79.9. The van der Waals surface area contributed by atoms with Gasteiger partial charge in [0.05, 0.1) is 0 Å². The van der Waals surface area contributed by atoms with Gasteiger partial charge in [-0.15, -0.1) is 0 Å². The maximum Gasteiger partial charge on any atom is 0.254 e. The molecule has 0 spiro atoms. The molecule has 1 saturated carbocycles. The van der Waals surface area contributed by atoms with Crippen LogP contribution >= 0.6 is 15.9 Å². The average Bonchev–Trinajstić information content (AvgIpc) is 2.92. The molecule has 0 N–H and O–H groups in total. The van der Waals surface area contributed by atoms with Crippen LogP contribution in [0.2, 0.25) is 0 Å². The molecule has 2 rings (SSSR count). The Labute approximate surface area is 130 Å². The second-order valence-electron chi connectivity index (χ2n) is 6.25. The van der Waals surface area contributed by atoms with Crippen molar-refractivity contribution in [3.63, 3.8) is 0 Å². The van der Waals surface area contributed by atoms with Crippen molar-refractivity contribution < 1.29 is 4.79 Å². The molecule has 0 heterocycles. The van der Waals surface area contributed by atoms with Crippen LogP contribution in [-0.4, -0.2) is 23.4 Å². The van der Waals surface area contributed by atoms with Gasteiger partial charge >= 0.3 is 0 Å². The summed E-state index contributed by atoms with van der Waals surface area (Å²) >= 11 is 3.50. The van der Waals surface area contributed by atoms with Crippen LogP contribution in [0.3, 0.4) is 0 Å². The molecule has 2 nitrogen and oxygen atoms in total. The molecule has 0 unspecified atom stereocenters. The summed E-state index contributed by atoms with van der Waals surface area (Å²) < 4.78 is 1.06. The summed E-state index contributed by atoms with van der Waals surface area (Å²) in [6, 6.07) is 6.34. The van der Waals surface area contributed by atoms with Crippen LogP contribution in [0.4, 0.5) is 0 Å². The molecule has 1 aliphatic rings. The van der Waals surface area contributed by atoms with Gasteiger partial charge in [-0.3, -0.25) is 4.79 Å². The number of halogens is 1. The maximum absolute atomic E-state index is 12.8. The van der Waals surface area contributed by atoms with E-state index in [1.165, 1.54) is 12.8 Å². The number of rotatable bonds is 4. The third-order valence-electron chi connectivity index (χ3n) is 3.99. The van der Waals surface area contributed by atoms with Crippen molar-refractivity contribution in [1.29, 1.82) is 0 Å². The Kier molecular flexibility index (Phi) is 5.25. The average molecular weight is 338 g/mol. The maximum atomic E-state index is 12.8. The summed E-state index contributed by atoms with van der Waals surface area (Å²) in [7, 11) is 0. The summed E-state index contributed by atoms with van der Waals surface area (Å²) in [4.78, 5) is 15.0. The zero-order valence-electron chi connectivity index (χ0n) is 12.7. The lowest BCUT2D eigenvalue weighted by atomic mass is 10.1. The summed E-state index contributed by atoms with van der Waals surface area (Å²) in [5, 5.41) is 0. The first-order valence-electron chi connectivity index (χ1n) is 7.56. The smallest absolute Gasteiger partial charge is 0.254 e. The zero-order valence-corrected chi connectivity index (χ0v) is 14.2. The first-order valence-corrected chi connectivity index (χ1v) is 8.35. The monoisotopic (exact) mass is 337 g/mol. The van der Waals surface area contributed by atoms with E-state index in [-0.39, 0.29) is 5.91 Å². The van der Waals surface area contributed by atoms with Gasteiger partial charge in [0.1, 0.15) is 0 Å². The second-order valence-corrected chi connectivity index (χ2v) is 7.11. The van der Waals surface area contributed by atoms with Crippen LogP contribution < -0.4 is 0 Å². The molecule has 3 heteroatoms. The van der Waals surface area contributed by atoms with Crippen LogP contribution in [0.5, 0.6) is 0 Å². The minimum absolute atomic E-state index is 0.196. The Hall–Kier alpha value is -0.830. The lowest BCUT2D eigenvalue weighted by Gasteiger charge is -2.31. The molecule has 0 radical (unpaired) electrons. The molecule has 0 atom stereocenters. The third kappa shape index (κ3) is 3.63. The molecule has 0 bridgehead atoms. The van der Waals surface area contributed by atoms with Gasteiger partial charge in [-0.05, 0) is 49.4 Å². The van der Waals surface area contributed by atoms with Gasteiger partial charge in [0.25, 0.3) is 5.91 Å². The van der Waals surface area contributed by atoms with E-state index in [0.717, 1.165) is 35.0 Å². The largest absolute Gasteiger partial charge is 0.335 e. The van der Waals surface area contributed by atoms with Crippen molar-refractivity contribution in [2.24, 2.45) is 5.92 Å². The Morgan fingerprint density at radius 3 is 2.55 bits per heavy atom. The molecule has 20 heavy (non-hydrogen) atoms. The first-order chi connectivity index (χ1) is 9.49. The fourth-order valence-corrected chi connectivity index (χ4v) is 3.20. The van der Waals surface area contributed by atoms with Crippen molar-refractivity contribution in [1.82, 2.24) is 4.90 Å². The van der Waals surface area contributed by atoms with Crippen molar-refractivity contribution in [2.75, 3.05) is 6.54 Å². The van der Waals surface area contributed by atoms with Crippen molar-refractivity contribution in [3.8, 4) is 0 Å². The van der Waals surface area contributed by atoms with E-state index in [1.807, 2.05) is 25.1 Å². The number of nitrogens with zero attached hydrogens (tertiary/aromatic N) is 1. The fraction of sp³-hybridized carbons (Fsp3) is 0.588. The minimum Gasteiger partial charge on any atom is -0.335 e. The zero-order chi connectivity index (χ0) is 14.7. The Morgan fingerprint density at radius 2 is 2.00 bits per heavy atom. The molecule has 1 fully saturated rings.